The highest BCUT2D eigenvalue weighted by molar-refractivity contribution is 5.89. The first-order chi connectivity index (χ1) is 12.2. The zero-order valence-corrected chi connectivity index (χ0v) is 13.9. The van der Waals surface area contributed by atoms with Crippen molar-refractivity contribution < 1.29 is 4.79 Å². The number of urea groups is 1. The molecule has 1 atom stereocenters. The number of benzene rings is 1. The second kappa shape index (κ2) is 6.39. The summed E-state index contributed by atoms with van der Waals surface area (Å²) in [6.07, 6.45) is 5.05. The van der Waals surface area contributed by atoms with Gasteiger partial charge >= 0.3 is 6.03 Å². The van der Waals surface area contributed by atoms with Crippen LogP contribution >= 0.6 is 0 Å². The molecule has 1 aliphatic heterocycles. The van der Waals surface area contributed by atoms with E-state index in [1.807, 2.05) is 48.1 Å². The number of rotatable bonds is 3. The SMILES string of the molecule is Cc1nn(-c2ccccc2)cc1NC(=O)N[C@H]1CCc2ncnn2C1. The van der Waals surface area contributed by atoms with E-state index in [1.165, 1.54) is 0 Å². The summed E-state index contributed by atoms with van der Waals surface area (Å²) in [6.45, 7) is 2.52. The van der Waals surface area contributed by atoms with Crippen LogP contribution in [-0.4, -0.2) is 36.6 Å². The van der Waals surface area contributed by atoms with Crippen molar-refractivity contribution >= 4 is 11.7 Å². The molecule has 2 amide bonds. The first kappa shape index (κ1) is 15.4. The Bertz CT molecular complexity index is 884. The van der Waals surface area contributed by atoms with Crippen molar-refractivity contribution in [3.63, 3.8) is 0 Å². The summed E-state index contributed by atoms with van der Waals surface area (Å²) in [4.78, 5) is 16.5. The van der Waals surface area contributed by atoms with Gasteiger partial charge in [-0.25, -0.2) is 19.1 Å². The number of hydrogen-bond acceptors (Lipinski definition) is 4. The lowest BCUT2D eigenvalue weighted by molar-refractivity contribution is 0.243. The summed E-state index contributed by atoms with van der Waals surface area (Å²) in [7, 11) is 0. The van der Waals surface area contributed by atoms with Crippen molar-refractivity contribution in [2.24, 2.45) is 0 Å². The number of anilines is 1. The van der Waals surface area contributed by atoms with Crippen molar-refractivity contribution in [3.05, 3.63) is 54.4 Å². The topological polar surface area (TPSA) is 89.7 Å². The van der Waals surface area contributed by atoms with Crippen LogP contribution in [0.3, 0.4) is 0 Å². The summed E-state index contributed by atoms with van der Waals surface area (Å²) < 4.78 is 3.60. The molecule has 0 aliphatic carbocycles. The van der Waals surface area contributed by atoms with Crippen molar-refractivity contribution in [2.75, 3.05) is 5.32 Å². The van der Waals surface area contributed by atoms with Crippen LogP contribution in [0.15, 0.2) is 42.9 Å². The fraction of sp³-hybridized carbons (Fsp3) is 0.294. The molecule has 8 nitrogen and oxygen atoms in total. The predicted molar refractivity (Wildman–Crippen MR) is 92.6 cm³/mol. The smallest absolute Gasteiger partial charge is 0.319 e. The van der Waals surface area contributed by atoms with Gasteiger partial charge in [-0.05, 0) is 25.5 Å². The highest BCUT2D eigenvalue weighted by Gasteiger charge is 2.21. The first-order valence-electron chi connectivity index (χ1n) is 8.25. The fourth-order valence-electron chi connectivity index (χ4n) is 2.99. The van der Waals surface area contributed by atoms with Gasteiger partial charge in [0.2, 0.25) is 0 Å². The van der Waals surface area contributed by atoms with Crippen LogP contribution in [0.4, 0.5) is 10.5 Å². The summed E-state index contributed by atoms with van der Waals surface area (Å²) in [6, 6.07) is 9.60. The van der Waals surface area contributed by atoms with Gasteiger partial charge in [0.15, 0.2) is 0 Å². The van der Waals surface area contributed by atoms with Gasteiger partial charge in [0.25, 0.3) is 0 Å². The minimum atomic E-state index is -0.232. The molecule has 2 N–H and O–H groups in total. The van der Waals surface area contributed by atoms with Crippen LogP contribution in [0.2, 0.25) is 0 Å². The number of carbonyl (C=O) groups is 1. The number of aryl methyl sites for hydroxylation is 2. The molecule has 2 aromatic heterocycles. The minimum absolute atomic E-state index is 0.0404. The maximum absolute atomic E-state index is 12.3. The lowest BCUT2D eigenvalue weighted by atomic mass is 10.1. The van der Waals surface area contributed by atoms with E-state index in [4.69, 9.17) is 0 Å². The van der Waals surface area contributed by atoms with Gasteiger partial charge in [0, 0.05) is 6.42 Å². The summed E-state index contributed by atoms with van der Waals surface area (Å²) in [5.74, 6) is 0.971. The third-order valence-electron chi connectivity index (χ3n) is 4.31. The molecule has 128 valence electrons. The number of hydrogen-bond donors (Lipinski definition) is 2. The van der Waals surface area contributed by atoms with E-state index in [2.05, 4.69) is 25.8 Å². The van der Waals surface area contributed by atoms with Gasteiger partial charge in [-0.2, -0.15) is 10.2 Å². The Balaban J connectivity index is 1.41. The van der Waals surface area contributed by atoms with Crippen LogP contribution in [0.1, 0.15) is 17.9 Å². The number of para-hydroxylation sites is 1. The average Bonchev–Trinajstić information content (AvgIpc) is 3.22. The zero-order valence-electron chi connectivity index (χ0n) is 13.9. The summed E-state index contributed by atoms with van der Waals surface area (Å²) >= 11 is 0. The first-order valence-corrected chi connectivity index (χ1v) is 8.25. The van der Waals surface area contributed by atoms with Crippen molar-refractivity contribution in [1.29, 1.82) is 0 Å². The zero-order chi connectivity index (χ0) is 17.2. The Hall–Kier alpha value is -3.16. The molecule has 1 aliphatic rings. The third-order valence-corrected chi connectivity index (χ3v) is 4.31. The number of nitrogens with one attached hydrogen (secondary N) is 2. The molecule has 0 radical (unpaired) electrons. The average molecular weight is 337 g/mol. The molecular weight excluding hydrogens is 318 g/mol. The molecule has 4 rings (SSSR count). The van der Waals surface area contributed by atoms with E-state index in [9.17, 15) is 4.79 Å². The van der Waals surface area contributed by atoms with Crippen molar-refractivity contribution in [1.82, 2.24) is 29.9 Å². The Morgan fingerprint density at radius 2 is 2.12 bits per heavy atom. The summed E-state index contributed by atoms with van der Waals surface area (Å²) in [5, 5.41) is 14.5. The van der Waals surface area contributed by atoms with E-state index in [-0.39, 0.29) is 12.1 Å². The van der Waals surface area contributed by atoms with Gasteiger partial charge in [-0.15, -0.1) is 0 Å². The van der Waals surface area contributed by atoms with Gasteiger partial charge in [-0.3, -0.25) is 0 Å². The standard InChI is InChI=1S/C17H19N7O/c1-12-15(10-23(22-12)14-5-3-2-4-6-14)21-17(25)20-13-7-8-16-18-11-19-24(16)9-13/h2-6,10-11,13H,7-9H2,1H3,(H2,20,21,25)/t13-/m0/s1. The monoisotopic (exact) mass is 337 g/mol. The van der Waals surface area contributed by atoms with Crippen LogP contribution in [-0.2, 0) is 13.0 Å². The quantitative estimate of drug-likeness (QED) is 0.764. The Labute approximate surface area is 144 Å². The lowest BCUT2D eigenvalue weighted by Crippen LogP contribution is -2.43. The van der Waals surface area contributed by atoms with Gasteiger partial charge in [-0.1, -0.05) is 18.2 Å². The van der Waals surface area contributed by atoms with E-state index >= 15 is 0 Å². The second-order valence-corrected chi connectivity index (χ2v) is 6.10. The molecule has 3 aromatic rings. The number of aromatic nitrogens is 5. The number of fused-ring (bicyclic) bond motifs is 1. The van der Waals surface area contributed by atoms with Gasteiger partial charge in [0.1, 0.15) is 12.2 Å². The molecule has 0 saturated heterocycles. The Morgan fingerprint density at radius 1 is 1.28 bits per heavy atom. The number of amides is 2. The Kier molecular flexibility index (Phi) is 3.93. The maximum Gasteiger partial charge on any atom is 0.319 e. The largest absolute Gasteiger partial charge is 0.333 e. The molecule has 8 heteroatoms. The highest BCUT2D eigenvalue weighted by Crippen LogP contribution is 2.17. The normalized spacial score (nSPS) is 16.3. The molecule has 0 spiro atoms. The van der Waals surface area contributed by atoms with Crippen LogP contribution in [0.25, 0.3) is 5.69 Å². The van der Waals surface area contributed by atoms with Crippen molar-refractivity contribution in [2.45, 2.75) is 32.4 Å². The molecule has 0 fully saturated rings. The van der Waals surface area contributed by atoms with Gasteiger partial charge in [0.05, 0.1) is 35.9 Å². The second-order valence-electron chi connectivity index (χ2n) is 6.10. The number of nitrogens with zero attached hydrogens (tertiary/aromatic N) is 5. The molecule has 0 unspecified atom stereocenters. The molecular formula is C17H19N7O. The molecule has 1 aromatic carbocycles. The summed E-state index contributed by atoms with van der Waals surface area (Å²) in [5.41, 5.74) is 2.41. The highest BCUT2D eigenvalue weighted by atomic mass is 16.2. The number of carbonyl (C=O) groups excluding carboxylic acids is 1. The molecule has 0 saturated carbocycles. The van der Waals surface area contributed by atoms with Gasteiger partial charge < -0.3 is 10.6 Å². The molecule has 3 heterocycles. The minimum Gasteiger partial charge on any atom is -0.333 e. The van der Waals surface area contributed by atoms with E-state index in [0.717, 1.165) is 30.0 Å². The maximum atomic E-state index is 12.3. The van der Waals surface area contributed by atoms with Crippen LogP contribution in [0.5, 0.6) is 0 Å². The fourth-order valence-corrected chi connectivity index (χ4v) is 2.99. The lowest BCUT2D eigenvalue weighted by Gasteiger charge is -2.23. The van der Waals surface area contributed by atoms with E-state index < -0.39 is 0 Å². The van der Waals surface area contributed by atoms with Crippen LogP contribution in [0, 0.1) is 6.92 Å². The Morgan fingerprint density at radius 3 is 2.96 bits per heavy atom. The molecule has 0 bridgehead atoms. The van der Waals surface area contributed by atoms with Crippen molar-refractivity contribution in [3.8, 4) is 5.69 Å². The third kappa shape index (κ3) is 3.23. The van der Waals surface area contributed by atoms with Crippen LogP contribution < -0.4 is 10.6 Å². The molecule has 25 heavy (non-hydrogen) atoms. The van der Waals surface area contributed by atoms with E-state index in [1.54, 1.807) is 11.0 Å². The van der Waals surface area contributed by atoms with E-state index in [0.29, 0.717) is 12.2 Å². The predicted octanol–water partition coefficient (Wildman–Crippen LogP) is 1.91.